The summed E-state index contributed by atoms with van der Waals surface area (Å²) in [6.07, 6.45) is -1.54. The first kappa shape index (κ1) is 15.8. The van der Waals surface area contributed by atoms with Crippen LogP contribution in [0.2, 0.25) is 0 Å². The van der Waals surface area contributed by atoms with Gasteiger partial charge in [-0.2, -0.15) is 13.2 Å². The van der Waals surface area contributed by atoms with Crippen LogP contribution in [0.1, 0.15) is 30.1 Å². The van der Waals surface area contributed by atoms with Gasteiger partial charge in [-0.15, -0.1) is 0 Å². The van der Waals surface area contributed by atoms with E-state index in [1.54, 1.807) is 0 Å². The molecule has 1 atom stereocenters. The Balaban J connectivity index is 2.30. The van der Waals surface area contributed by atoms with Crippen LogP contribution in [0.25, 0.3) is 0 Å². The minimum Gasteiger partial charge on any atom is -0.492 e. The van der Waals surface area contributed by atoms with Crippen LogP contribution in [0, 0.1) is 5.41 Å². The van der Waals surface area contributed by atoms with E-state index >= 15 is 0 Å². The first-order valence-electron chi connectivity index (χ1n) is 6.81. The number of ketones is 1. The van der Waals surface area contributed by atoms with Crippen LogP contribution in [0.3, 0.4) is 0 Å². The second-order valence-electron chi connectivity index (χ2n) is 5.09. The molecule has 1 aliphatic heterocycles. The molecular weight excluding hydrogens is 285 g/mol. The van der Waals surface area contributed by atoms with E-state index in [0.717, 1.165) is 12.6 Å². The molecule has 0 spiro atoms. The maximum Gasteiger partial charge on any atom is 0.402 e. The summed E-state index contributed by atoms with van der Waals surface area (Å²) in [6, 6.07) is 1.33. The van der Waals surface area contributed by atoms with Crippen molar-refractivity contribution >= 4 is 5.78 Å². The van der Waals surface area contributed by atoms with Gasteiger partial charge in [0.1, 0.15) is 11.2 Å². The van der Waals surface area contributed by atoms with Crippen LogP contribution in [0.4, 0.5) is 13.2 Å². The zero-order chi connectivity index (χ0) is 15.5. The van der Waals surface area contributed by atoms with E-state index in [-0.39, 0.29) is 18.5 Å². The van der Waals surface area contributed by atoms with Crippen molar-refractivity contribution in [2.75, 3.05) is 19.7 Å². The highest BCUT2D eigenvalue weighted by Crippen LogP contribution is 2.45. The van der Waals surface area contributed by atoms with Gasteiger partial charge in [0.25, 0.3) is 0 Å². The van der Waals surface area contributed by atoms with Crippen molar-refractivity contribution in [3.8, 4) is 5.75 Å². The normalized spacial score (nSPS) is 22.3. The third kappa shape index (κ3) is 3.02. The third-order valence-electron chi connectivity index (χ3n) is 3.58. The van der Waals surface area contributed by atoms with E-state index in [1.165, 1.54) is 12.3 Å². The second kappa shape index (κ2) is 6.01. The number of halogens is 3. The summed E-state index contributed by atoms with van der Waals surface area (Å²) in [5.74, 6) is -0.638. The molecule has 1 unspecified atom stereocenters. The molecular formula is C14H17F3N2O2. The molecule has 0 radical (unpaired) electrons. The topological polar surface area (TPSA) is 51.2 Å². The lowest BCUT2D eigenvalue weighted by atomic mass is 9.79. The van der Waals surface area contributed by atoms with Crippen LogP contribution >= 0.6 is 0 Å². The molecule has 4 nitrogen and oxygen atoms in total. The van der Waals surface area contributed by atoms with Gasteiger partial charge in [0.15, 0.2) is 5.78 Å². The number of nitrogens with one attached hydrogen (secondary N) is 1. The molecule has 21 heavy (non-hydrogen) atoms. The van der Waals surface area contributed by atoms with Gasteiger partial charge in [-0.3, -0.25) is 9.78 Å². The van der Waals surface area contributed by atoms with Crippen molar-refractivity contribution in [2.24, 2.45) is 5.41 Å². The van der Waals surface area contributed by atoms with Crippen molar-refractivity contribution in [3.63, 3.8) is 0 Å². The maximum absolute atomic E-state index is 13.3. The molecule has 0 saturated carbocycles. The molecule has 0 amide bonds. The highest BCUT2D eigenvalue weighted by molar-refractivity contribution is 6.01. The fourth-order valence-electron chi connectivity index (χ4n) is 2.37. The van der Waals surface area contributed by atoms with E-state index in [0.29, 0.717) is 12.4 Å². The zero-order valence-electron chi connectivity index (χ0n) is 11.7. The van der Waals surface area contributed by atoms with Crippen LogP contribution in [0.15, 0.2) is 18.5 Å². The Morgan fingerprint density at radius 1 is 1.48 bits per heavy atom. The SMILES string of the molecule is CCCOc1cncc(C(=O)C2(C(F)(F)F)CCNC2)c1. The lowest BCUT2D eigenvalue weighted by molar-refractivity contribution is -0.197. The van der Waals surface area contributed by atoms with Gasteiger partial charge in [-0.25, -0.2) is 0 Å². The molecule has 1 aliphatic rings. The van der Waals surface area contributed by atoms with Gasteiger partial charge in [0.05, 0.1) is 12.8 Å². The van der Waals surface area contributed by atoms with Gasteiger partial charge >= 0.3 is 6.18 Å². The molecule has 0 aromatic carbocycles. The number of aromatic nitrogens is 1. The molecule has 1 saturated heterocycles. The van der Waals surface area contributed by atoms with E-state index in [4.69, 9.17) is 4.74 Å². The summed E-state index contributed by atoms with van der Waals surface area (Å²) >= 11 is 0. The summed E-state index contributed by atoms with van der Waals surface area (Å²) < 4.78 is 45.3. The molecule has 7 heteroatoms. The monoisotopic (exact) mass is 302 g/mol. The summed E-state index contributed by atoms with van der Waals surface area (Å²) in [6.45, 7) is 2.11. The summed E-state index contributed by atoms with van der Waals surface area (Å²) in [5, 5.41) is 2.63. The Morgan fingerprint density at radius 2 is 2.24 bits per heavy atom. The lowest BCUT2D eigenvalue weighted by Gasteiger charge is -2.29. The Morgan fingerprint density at radius 3 is 2.81 bits per heavy atom. The zero-order valence-corrected chi connectivity index (χ0v) is 11.7. The van der Waals surface area contributed by atoms with Crippen LogP contribution in [-0.2, 0) is 0 Å². The van der Waals surface area contributed by atoms with E-state index in [2.05, 4.69) is 10.3 Å². The quantitative estimate of drug-likeness (QED) is 0.849. The molecule has 1 aromatic rings. The smallest absolute Gasteiger partial charge is 0.402 e. The second-order valence-corrected chi connectivity index (χ2v) is 5.09. The van der Waals surface area contributed by atoms with Crippen LogP contribution in [0.5, 0.6) is 5.75 Å². The van der Waals surface area contributed by atoms with E-state index in [9.17, 15) is 18.0 Å². The van der Waals surface area contributed by atoms with E-state index in [1.807, 2.05) is 6.92 Å². The Hall–Kier alpha value is -1.63. The fraction of sp³-hybridized carbons (Fsp3) is 0.571. The Labute approximate surface area is 120 Å². The van der Waals surface area contributed by atoms with Crippen LogP contribution in [-0.4, -0.2) is 36.6 Å². The largest absolute Gasteiger partial charge is 0.492 e. The summed E-state index contributed by atoms with van der Waals surface area (Å²) in [4.78, 5) is 16.2. The highest BCUT2D eigenvalue weighted by atomic mass is 19.4. The highest BCUT2D eigenvalue weighted by Gasteiger charge is 2.61. The number of pyridine rings is 1. The average Bonchev–Trinajstić information content (AvgIpc) is 2.95. The molecule has 1 N–H and O–H groups in total. The molecule has 116 valence electrons. The third-order valence-corrected chi connectivity index (χ3v) is 3.58. The lowest BCUT2D eigenvalue weighted by Crippen LogP contribution is -2.46. The van der Waals surface area contributed by atoms with Gasteiger partial charge in [-0.05, 0) is 25.5 Å². The average molecular weight is 302 g/mol. The van der Waals surface area contributed by atoms with Crippen molar-refractivity contribution in [1.29, 1.82) is 0 Å². The number of hydrogen-bond acceptors (Lipinski definition) is 4. The molecule has 2 rings (SSSR count). The van der Waals surface area contributed by atoms with Crippen molar-refractivity contribution in [3.05, 3.63) is 24.0 Å². The standard InChI is InChI=1S/C14H17F3N2O2/c1-2-5-21-11-6-10(7-19-8-11)12(20)13(14(15,16)17)3-4-18-9-13/h6-8,18H,2-5,9H2,1H3. The molecule has 0 aliphatic carbocycles. The predicted molar refractivity (Wildman–Crippen MR) is 70.3 cm³/mol. The van der Waals surface area contributed by atoms with Crippen molar-refractivity contribution in [2.45, 2.75) is 25.9 Å². The maximum atomic E-state index is 13.3. The van der Waals surface area contributed by atoms with Gasteiger partial charge in [0.2, 0.25) is 0 Å². The number of hydrogen-bond donors (Lipinski definition) is 1. The number of nitrogens with zero attached hydrogens (tertiary/aromatic N) is 1. The van der Waals surface area contributed by atoms with Crippen LogP contribution < -0.4 is 10.1 Å². The van der Waals surface area contributed by atoms with E-state index < -0.39 is 23.9 Å². The van der Waals surface area contributed by atoms with Gasteiger partial charge < -0.3 is 10.1 Å². The minimum atomic E-state index is -4.59. The molecule has 1 fully saturated rings. The number of carbonyl (C=O) groups is 1. The summed E-state index contributed by atoms with van der Waals surface area (Å²) in [7, 11) is 0. The minimum absolute atomic E-state index is 0.0652. The van der Waals surface area contributed by atoms with Gasteiger partial charge in [-0.1, -0.05) is 6.92 Å². The fourth-order valence-corrected chi connectivity index (χ4v) is 2.37. The molecule has 1 aromatic heterocycles. The molecule has 2 heterocycles. The van der Waals surface area contributed by atoms with Gasteiger partial charge in [0, 0.05) is 18.3 Å². The summed E-state index contributed by atoms with van der Waals surface area (Å²) in [5.41, 5.74) is -2.43. The predicted octanol–water partition coefficient (Wildman–Crippen LogP) is 2.60. The number of carbonyl (C=O) groups excluding carboxylic acids is 1. The number of Topliss-reactive ketones (excluding diaryl/α,β-unsaturated/α-hetero) is 1. The number of rotatable bonds is 5. The first-order valence-corrected chi connectivity index (χ1v) is 6.81. The van der Waals surface area contributed by atoms with Crippen molar-refractivity contribution < 1.29 is 22.7 Å². The number of ether oxygens (including phenoxy) is 1. The molecule has 0 bridgehead atoms. The number of alkyl halides is 3. The Bertz CT molecular complexity index is 511. The Kier molecular flexibility index (Phi) is 4.51. The van der Waals surface area contributed by atoms with Crippen molar-refractivity contribution in [1.82, 2.24) is 10.3 Å². The first-order chi connectivity index (χ1) is 9.90.